The molecule has 0 saturated carbocycles. The van der Waals surface area contributed by atoms with Gasteiger partial charge in [0.2, 0.25) is 0 Å². The molecule has 2 heterocycles. The Kier molecular flexibility index (Phi) is 7.39. The number of amides is 2. The number of esters is 1. The van der Waals surface area contributed by atoms with E-state index in [2.05, 4.69) is 15.0 Å². The van der Waals surface area contributed by atoms with Gasteiger partial charge in [-0.05, 0) is 37.6 Å². The maximum absolute atomic E-state index is 12.6. The summed E-state index contributed by atoms with van der Waals surface area (Å²) in [5.74, 6) is -0.165. The summed E-state index contributed by atoms with van der Waals surface area (Å²) in [5, 5.41) is 2.61. The van der Waals surface area contributed by atoms with Crippen LogP contribution < -0.4 is 15.0 Å². The van der Waals surface area contributed by atoms with Gasteiger partial charge in [-0.2, -0.15) is 0 Å². The van der Waals surface area contributed by atoms with E-state index >= 15 is 0 Å². The Morgan fingerprint density at radius 2 is 1.94 bits per heavy atom. The molecule has 1 aliphatic rings. The van der Waals surface area contributed by atoms with Gasteiger partial charge in [0, 0.05) is 44.1 Å². The van der Waals surface area contributed by atoms with Crippen LogP contribution in [0.3, 0.4) is 0 Å². The van der Waals surface area contributed by atoms with Crippen LogP contribution in [0.1, 0.15) is 23.7 Å². The number of anilines is 2. The zero-order valence-corrected chi connectivity index (χ0v) is 17.4. The Hall–Kier alpha value is -3.50. The topological polar surface area (TPSA) is 84.0 Å². The lowest BCUT2D eigenvalue weighted by Crippen LogP contribution is -2.38. The normalized spacial score (nSPS) is 14.5. The van der Waals surface area contributed by atoms with Crippen molar-refractivity contribution in [2.24, 2.45) is 0 Å². The van der Waals surface area contributed by atoms with Gasteiger partial charge < -0.3 is 24.6 Å². The summed E-state index contributed by atoms with van der Waals surface area (Å²) in [6.45, 7) is 4.05. The third-order valence-electron chi connectivity index (χ3n) is 4.68. The highest BCUT2D eigenvalue weighted by molar-refractivity contribution is 5.90. The van der Waals surface area contributed by atoms with Crippen LogP contribution in [0, 0.1) is 0 Å². The van der Waals surface area contributed by atoms with Crippen LogP contribution in [0.15, 0.2) is 42.6 Å². The zero-order chi connectivity index (χ0) is 23.1. The zero-order valence-electron chi connectivity index (χ0n) is 17.4. The average Bonchev–Trinajstić information content (AvgIpc) is 2.99. The summed E-state index contributed by atoms with van der Waals surface area (Å²) in [6, 6.07) is 8.09. The highest BCUT2D eigenvalue weighted by atomic mass is 19.4. The number of benzene rings is 1. The number of ether oxygens (including phenoxy) is 2. The molecular weight excluding hydrogens is 429 g/mol. The first-order valence-electron chi connectivity index (χ1n) is 10.0. The Bertz CT molecular complexity index is 937. The minimum atomic E-state index is -4.81. The van der Waals surface area contributed by atoms with Crippen molar-refractivity contribution in [2.75, 3.05) is 43.0 Å². The molecule has 1 N–H and O–H groups in total. The summed E-state index contributed by atoms with van der Waals surface area (Å²) >= 11 is 0. The number of aromatic nitrogens is 1. The lowest BCUT2D eigenvalue weighted by molar-refractivity contribution is -0.274. The number of hydrogen-bond donors (Lipinski definition) is 1. The van der Waals surface area contributed by atoms with Crippen LogP contribution in [0.25, 0.3) is 0 Å². The molecule has 1 aromatic heterocycles. The lowest BCUT2D eigenvalue weighted by Gasteiger charge is -2.23. The second kappa shape index (κ2) is 10.2. The third-order valence-corrected chi connectivity index (χ3v) is 4.68. The van der Waals surface area contributed by atoms with Crippen molar-refractivity contribution in [1.82, 2.24) is 9.88 Å². The van der Waals surface area contributed by atoms with Crippen LogP contribution in [-0.2, 0) is 4.74 Å². The number of nitrogens with one attached hydrogen (secondary N) is 1. The molecule has 2 amide bonds. The van der Waals surface area contributed by atoms with Crippen molar-refractivity contribution in [1.29, 1.82) is 0 Å². The second-order valence-corrected chi connectivity index (χ2v) is 6.96. The van der Waals surface area contributed by atoms with Gasteiger partial charge in [0.1, 0.15) is 11.6 Å². The monoisotopic (exact) mass is 452 g/mol. The van der Waals surface area contributed by atoms with Crippen LogP contribution in [-0.4, -0.2) is 61.0 Å². The lowest BCUT2D eigenvalue weighted by atomic mass is 10.2. The molecule has 11 heteroatoms. The maximum atomic E-state index is 12.6. The molecule has 1 fully saturated rings. The number of pyridine rings is 1. The molecule has 0 atom stereocenters. The molecular formula is C21H23F3N4O4. The maximum Gasteiger partial charge on any atom is 0.573 e. The van der Waals surface area contributed by atoms with Gasteiger partial charge in [-0.1, -0.05) is 6.07 Å². The number of alkyl halides is 3. The van der Waals surface area contributed by atoms with Gasteiger partial charge in [0.05, 0.1) is 12.2 Å². The quantitative estimate of drug-likeness (QED) is 0.693. The SMILES string of the molecule is CCOC(=O)c1ccc(N2CCCN(C(=O)Nc3cccc(OC(F)(F)F)c3)CC2)nc1. The second-order valence-electron chi connectivity index (χ2n) is 6.96. The predicted octanol–water partition coefficient (Wildman–Crippen LogP) is 3.90. The minimum absolute atomic E-state index is 0.203. The number of carbonyl (C=O) groups excluding carboxylic acids is 2. The number of urea groups is 1. The summed E-state index contributed by atoms with van der Waals surface area (Å²) in [4.78, 5) is 32.3. The van der Waals surface area contributed by atoms with Gasteiger partial charge in [0.15, 0.2) is 0 Å². The standard InChI is InChI=1S/C21H23F3N4O4/c1-2-31-19(29)15-7-8-18(25-14-15)27-9-4-10-28(12-11-27)20(30)26-16-5-3-6-17(13-16)32-21(22,23)24/h3,5-8,13-14H,2,4,9-12H2,1H3,(H,26,30). The van der Waals surface area contributed by atoms with Crippen LogP contribution in [0.5, 0.6) is 5.75 Å². The highest BCUT2D eigenvalue weighted by Crippen LogP contribution is 2.25. The Morgan fingerprint density at radius 3 is 2.62 bits per heavy atom. The molecule has 0 unspecified atom stereocenters. The van der Waals surface area contributed by atoms with E-state index in [9.17, 15) is 22.8 Å². The fraction of sp³-hybridized carbons (Fsp3) is 0.381. The first kappa shape index (κ1) is 23.2. The van der Waals surface area contributed by atoms with Gasteiger partial charge in [-0.3, -0.25) is 0 Å². The van der Waals surface area contributed by atoms with Gasteiger partial charge in [0.25, 0.3) is 0 Å². The largest absolute Gasteiger partial charge is 0.573 e. The molecule has 0 spiro atoms. The van der Waals surface area contributed by atoms with Crippen molar-refractivity contribution >= 4 is 23.5 Å². The number of carbonyl (C=O) groups is 2. The van der Waals surface area contributed by atoms with Crippen molar-refractivity contribution < 1.29 is 32.2 Å². The molecule has 0 aliphatic carbocycles. The van der Waals surface area contributed by atoms with E-state index < -0.39 is 24.1 Å². The minimum Gasteiger partial charge on any atom is -0.462 e. The summed E-state index contributed by atoms with van der Waals surface area (Å²) in [5.41, 5.74) is 0.567. The molecule has 172 valence electrons. The van der Waals surface area contributed by atoms with E-state index in [0.717, 1.165) is 12.1 Å². The van der Waals surface area contributed by atoms with E-state index in [-0.39, 0.29) is 12.3 Å². The summed E-state index contributed by atoms with van der Waals surface area (Å²) in [7, 11) is 0. The molecule has 1 aromatic carbocycles. The smallest absolute Gasteiger partial charge is 0.462 e. The third kappa shape index (κ3) is 6.50. The fourth-order valence-corrected chi connectivity index (χ4v) is 3.23. The van der Waals surface area contributed by atoms with E-state index in [0.29, 0.717) is 44.0 Å². The fourth-order valence-electron chi connectivity index (χ4n) is 3.23. The molecule has 3 rings (SSSR count). The van der Waals surface area contributed by atoms with Crippen molar-refractivity contribution in [3.63, 3.8) is 0 Å². The van der Waals surface area contributed by atoms with Crippen molar-refractivity contribution in [3.8, 4) is 5.75 Å². The average molecular weight is 452 g/mol. The van der Waals surface area contributed by atoms with Gasteiger partial charge in [-0.25, -0.2) is 14.6 Å². The first-order chi connectivity index (χ1) is 15.2. The van der Waals surface area contributed by atoms with Crippen LogP contribution in [0.2, 0.25) is 0 Å². The predicted molar refractivity (Wildman–Crippen MR) is 111 cm³/mol. The van der Waals surface area contributed by atoms with E-state index in [1.54, 1.807) is 24.0 Å². The molecule has 1 saturated heterocycles. The van der Waals surface area contributed by atoms with E-state index in [1.165, 1.54) is 18.3 Å². The Labute approximate surface area is 182 Å². The highest BCUT2D eigenvalue weighted by Gasteiger charge is 2.31. The Balaban J connectivity index is 1.57. The number of nitrogens with zero attached hydrogens (tertiary/aromatic N) is 3. The van der Waals surface area contributed by atoms with Crippen LogP contribution in [0.4, 0.5) is 29.5 Å². The van der Waals surface area contributed by atoms with Crippen molar-refractivity contribution in [2.45, 2.75) is 19.7 Å². The number of rotatable bonds is 5. The van der Waals surface area contributed by atoms with E-state index in [4.69, 9.17) is 4.74 Å². The molecule has 0 bridgehead atoms. The first-order valence-corrected chi connectivity index (χ1v) is 10.0. The molecule has 1 aliphatic heterocycles. The van der Waals surface area contributed by atoms with Gasteiger partial charge >= 0.3 is 18.4 Å². The molecule has 0 radical (unpaired) electrons. The number of hydrogen-bond acceptors (Lipinski definition) is 6. The molecule has 2 aromatic rings. The molecule has 32 heavy (non-hydrogen) atoms. The van der Waals surface area contributed by atoms with E-state index in [1.807, 2.05) is 4.90 Å². The Morgan fingerprint density at radius 1 is 1.12 bits per heavy atom. The van der Waals surface area contributed by atoms with Crippen molar-refractivity contribution in [3.05, 3.63) is 48.2 Å². The number of halogens is 3. The summed E-state index contributed by atoms with van der Waals surface area (Å²) in [6.07, 6.45) is -2.68. The summed E-state index contributed by atoms with van der Waals surface area (Å²) < 4.78 is 46.0. The molecule has 8 nitrogen and oxygen atoms in total. The van der Waals surface area contributed by atoms with Gasteiger partial charge in [-0.15, -0.1) is 13.2 Å². The van der Waals surface area contributed by atoms with Crippen LogP contribution >= 0.6 is 0 Å².